The summed E-state index contributed by atoms with van der Waals surface area (Å²) in [6, 6.07) is 3.29. The number of pyridine rings is 1. The minimum Gasteiger partial charge on any atom is -0.501 e. The number of hydrogen-bond acceptors (Lipinski definition) is 6. The number of aromatic nitrogens is 1. The number of Topliss-reactive ketones (excluding diaryl/α,β-unsaturated/α-hetero) is 1. The van der Waals surface area contributed by atoms with Gasteiger partial charge in [-0.05, 0) is 19.9 Å². The fourth-order valence-electron chi connectivity index (χ4n) is 1.81. The number of rotatable bonds is 3. The predicted octanol–water partition coefficient (Wildman–Crippen LogP) is 1.37. The van der Waals surface area contributed by atoms with E-state index in [1.165, 1.54) is 13.1 Å². The number of alkyl carbamates (subject to hydrolysis) is 1. The molecule has 1 aliphatic heterocycles. The first-order chi connectivity index (χ1) is 9.49. The third-order valence-corrected chi connectivity index (χ3v) is 2.87. The summed E-state index contributed by atoms with van der Waals surface area (Å²) in [7, 11) is 0. The van der Waals surface area contributed by atoms with E-state index in [-0.39, 0.29) is 12.5 Å². The lowest BCUT2D eigenvalue weighted by Gasteiger charge is -2.22. The van der Waals surface area contributed by atoms with Crippen LogP contribution in [-0.2, 0) is 19.9 Å². The zero-order valence-electron chi connectivity index (χ0n) is 11.0. The number of ether oxygens (including phenoxy) is 2. The second kappa shape index (κ2) is 5.20. The molecular formula is C13H14N2O5. The van der Waals surface area contributed by atoms with Gasteiger partial charge < -0.3 is 14.6 Å². The molecule has 0 aromatic carbocycles. The summed E-state index contributed by atoms with van der Waals surface area (Å²) in [5, 5.41) is 12.0. The van der Waals surface area contributed by atoms with Gasteiger partial charge in [0.15, 0.2) is 0 Å². The highest BCUT2D eigenvalue weighted by molar-refractivity contribution is 6.03. The molecule has 1 amide bonds. The monoisotopic (exact) mass is 278 g/mol. The van der Waals surface area contributed by atoms with Crippen LogP contribution in [0.2, 0.25) is 0 Å². The van der Waals surface area contributed by atoms with E-state index >= 15 is 0 Å². The number of amides is 1. The molecule has 0 saturated carbocycles. The average Bonchev–Trinajstić information content (AvgIpc) is 2.66. The second-order valence-electron chi connectivity index (χ2n) is 4.23. The summed E-state index contributed by atoms with van der Waals surface area (Å²) >= 11 is 0. The molecule has 2 heterocycles. The highest BCUT2D eigenvalue weighted by atomic mass is 16.6. The molecule has 0 bridgehead atoms. The average molecular weight is 278 g/mol. The van der Waals surface area contributed by atoms with E-state index in [9.17, 15) is 14.7 Å². The number of hydrogen-bond donors (Lipinski definition) is 2. The molecule has 20 heavy (non-hydrogen) atoms. The van der Waals surface area contributed by atoms with Gasteiger partial charge in [-0.15, -0.1) is 0 Å². The Bertz CT molecular complexity index is 569. The lowest BCUT2D eigenvalue weighted by molar-refractivity contribution is -0.131. The summed E-state index contributed by atoms with van der Waals surface area (Å²) in [5.41, 5.74) is -0.954. The van der Waals surface area contributed by atoms with Crippen molar-refractivity contribution in [3.8, 4) is 0 Å². The van der Waals surface area contributed by atoms with Crippen LogP contribution in [0.3, 0.4) is 0 Å². The van der Waals surface area contributed by atoms with Gasteiger partial charge in [0.1, 0.15) is 0 Å². The van der Waals surface area contributed by atoms with Gasteiger partial charge in [0.05, 0.1) is 6.61 Å². The normalized spacial score (nSPS) is 21.6. The number of ketones is 1. The number of carbonyl (C=O) groups is 2. The number of aliphatic hydroxyl groups is 1. The van der Waals surface area contributed by atoms with Crippen molar-refractivity contribution in [1.29, 1.82) is 0 Å². The molecule has 0 radical (unpaired) electrons. The molecule has 0 aliphatic carbocycles. The van der Waals surface area contributed by atoms with Crippen molar-refractivity contribution in [2.45, 2.75) is 19.4 Å². The Labute approximate surface area is 115 Å². The Morgan fingerprint density at radius 2 is 2.35 bits per heavy atom. The van der Waals surface area contributed by atoms with E-state index in [0.717, 1.165) is 0 Å². The van der Waals surface area contributed by atoms with Gasteiger partial charge in [-0.25, -0.2) is 4.79 Å². The van der Waals surface area contributed by atoms with Crippen LogP contribution in [0.1, 0.15) is 19.4 Å². The Morgan fingerprint density at radius 1 is 1.60 bits per heavy atom. The van der Waals surface area contributed by atoms with Crippen LogP contribution >= 0.6 is 0 Å². The maximum atomic E-state index is 12.1. The minimum atomic E-state index is -1.42. The van der Waals surface area contributed by atoms with Crippen molar-refractivity contribution >= 4 is 11.9 Å². The molecule has 1 aromatic heterocycles. The van der Waals surface area contributed by atoms with Crippen molar-refractivity contribution in [1.82, 2.24) is 10.3 Å². The Balaban J connectivity index is 2.24. The predicted molar refractivity (Wildman–Crippen MR) is 67.5 cm³/mol. The zero-order valence-corrected chi connectivity index (χ0v) is 11.0. The third-order valence-electron chi connectivity index (χ3n) is 2.87. The van der Waals surface area contributed by atoms with Gasteiger partial charge >= 0.3 is 6.09 Å². The van der Waals surface area contributed by atoms with Crippen molar-refractivity contribution in [2.75, 3.05) is 6.61 Å². The van der Waals surface area contributed by atoms with Gasteiger partial charge in [-0.2, -0.15) is 0 Å². The fraction of sp³-hybridized carbons (Fsp3) is 0.308. The standard InChI is InChI=1S/C13H14N2O5/c1-3-19-12(18)15-11-9(16)10(17)13(2,20-11)8-5-4-6-14-7-8/h4-7,16H,3H2,1-2H3,(H,15,18). The van der Waals surface area contributed by atoms with Gasteiger partial charge in [0, 0.05) is 18.0 Å². The summed E-state index contributed by atoms with van der Waals surface area (Å²) in [6.45, 7) is 3.28. The maximum Gasteiger partial charge on any atom is 0.414 e. The van der Waals surface area contributed by atoms with E-state index in [1.807, 2.05) is 0 Å². The minimum absolute atomic E-state index is 0.160. The van der Waals surface area contributed by atoms with Gasteiger partial charge in [-0.3, -0.25) is 15.1 Å². The molecule has 1 aromatic rings. The zero-order chi connectivity index (χ0) is 14.8. The second-order valence-corrected chi connectivity index (χ2v) is 4.23. The topological polar surface area (TPSA) is 97.8 Å². The number of carbonyl (C=O) groups excluding carboxylic acids is 2. The van der Waals surface area contributed by atoms with Gasteiger partial charge in [-0.1, -0.05) is 6.07 Å². The molecule has 2 rings (SSSR count). The Kier molecular flexibility index (Phi) is 3.60. The van der Waals surface area contributed by atoms with Crippen molar-refractivity contribution < 1.29 is 24.2 Å². The molecule has 7 nitrogen and oxygen atoms in total. The molecule has 0 spiro atoms. The number of nitrogens with zero attached hydrogens (tertiary/aromatic N) is 1. The van der Waals surface area contributed by atoms with E-state index < -0.39 is 23.2 Å². The summed E-state index contributed by atoms with van der Waals surface area (Å²) in [4.78, 5) is 27.3. The summed E-state index contributed by atoms with van der Waals surface area (Å²) in [5.74, 6) is -1.62. The van der Waals surface area contributed by atoms with E-state index in [4.69, 9.17) is 4.74 Å². The quantitative estimate of drug-likeness (QED) is 0.866. The molecule has 1 atom stereocenters. The van der Waals surface area contributed by atoms with E-state index in [2.05, 4.69) is 15.0 Å². The first kappa shape index (κ1) is 13.9. The van der Waals surface area contributed by atoms with Crippen molar-refractivity contribution in [3.63, 3.8) is 0 Å². The first-order valence-corrected chi connectivity index (χ1v) is 6.00. The molecule has 2 N–H and O–H groups in total. The largest absolute Gasteiger partial charge is 0.501 e. The van der Waals surface area contributed by atoms with Crippen LogP contribution in [0.4, 0.5) is 4.79 Å². The molecule has 7 heteroatoms. The molecule has 1 unspecified atom stereocenters. The molecule has 0 fully saturated rings. The molecule has 0 saturated heterocycles. The van der Waals surface area contributed by atoms with Crippen LogP contribution in [0.25, 0.3) is 0 Å². The van der Waals surface area contributed by atoms with Crippen LogP contribution in [0.5, 0.6) is 0 Å². The third kappa shape index (κ3) is 2.29. The van der Waals surface area contributed by atoms with E-state index in [0.29, 0.717) is 5.56 Å². The van der Waals surface area contributed by atoms with Crippen LogP contribution < -0.4 is 5.32 Å². The summed E-state index contributed by atoms with van der Waals surface area (Å²) in [6.07, 6.45) is 2.20. The first-order valence-electron chi connectivity index (χ1n) is 6.00. The maximum absolute atomic E-state index is 12.1. The number of aliphatic hydroxyl groups excluding tert-OH is 1. The Hall–Kier alpha value is -2.57. The van der Waals surface area contributed by atoms with Gasteiger partial charge in [0.2, 0.25) is 17.2 Å². The lowest BCUT2D eigenvalue weighted by atomic mass is 9.93. The highest BCUT2D eigenvalue weighted by Gasteiger charge is 2.48. The van der Waals surface area contributed by atoms with Gasteiger partial charge in [0.25, 0.3) is 5.78 Å². The van der Waals surface area contributed by atoms with Crippen LogP contribution in [0.15, 0.2) is 36.2 Å². The smallest absolute Gasteiger partial charge is 0.414 e. The SMILES string of the molecule is CCOC(=O)NC1=C(O)C(=O)C(C)(c2cccnc2)O1. The van der Waals surface area contributed by atoms with Crippen molar-refractivity contribution in [3.05, 3.63) is 41.7 Å². The van der Waals surface area contributed by atoms with Crippen LogP contribution in [0, 0.1) is 0 Å². The van der Waals surface area contributed by atoms with Crippen LogP contribution in [-0.4, -0.2) is 28.6 Å². The molecular weight excluding hydrogens is 264 g/mol. The van der Waals surface area contributed by atoms with E-state index in [1.54, 1.807) is 25.3 Å². The molecule has 106 valence electrons. The summed E-state index contributed by atoms with van der Waals surface area (Å²) < 4.78 is 10.1. The fourth-order valence-corrected chi connectivity index (χ4v) is 1.81. The number of nitrogens with one attached hydrogen (secondary N) is 1. The molecule has 1 aliphatic rings. The highest BCUT2D eigenvalue weighted by Crippen LogP contribution is 2.36. The Morgan fingerprint density at radius 3 is 2.95 bits per heavy atom. The lowest BCUT2D eigenvalue weighted by Crippen LogP contribution is -2.32. The van der Waals surface area contributed by atoms with Crippen molar-refractivity contribution in [2.24, 2.45) is 0 Å².